The van der Waals surface area contributed by atoms with Gasteiger partial charge in [-0.1, -0.05) is 41.9 Å². The average molecular weight is 319 g/mol. The van der Waals surface area contributed by atoms with Crippen LogP contribution in [0.4, 0.5) is 0 Å². The zero-order chi connectivity index (χ0) is 14.8. The molecule has 0 radical (unpaired) electrons. The Morgan fingerprint density at radius 3 is 2.81 bits per heavy atom. The Labute approximate surface area is 133 Å². The number of hydrogen-bond acceptors (Lipinski definition) is 2. The van der Waals surface area contributed by atoms with Gasteiger partial charge in [-0.2, -0.15) is 0 Å². The van der Waals surface area contributed by atoms with Crippen molar-refractivity contribution in [2.24, 2.45) is 0 Å². The van der Waals surface area contributed by atoms with Crippen molar-refractivity contribution in [1.29, 1.82) is 0 Å². The quantitative estimate of drug-likeness (QED) is 0.894. The first-order chi connectivity index (χ1) is 10.1. The van der Waals surface area contributed by atoms with E-state index in [-0.39, 0.29) is 0 Å². The SMILES string of the molecule is O=C(O)C(CC1Cc2ccccc2S1)c1cccc(Cl)c1. The van der Waals surface area contributed by atoms with E-state index < -0.39 is 11.9 Å². The number of carbonyl (C=O) groups is 1. The van der Waals surface area contributed by atoms with Gasteiger partial charge in [0, 0.05) is 15.2 Å². The molecular weight excluding hydrogens is 304 g/mol. The fourth-order valence-corrected chi connectivity index (χ4v) is 4.32. The summed E-state index contributed by atoms with van der Waals surface area (Å²) in [5.41, 5.74) is 2.11. The molecule has 2 atom stereocenters. The lowest BCUT2D eigenvalue weighted by Crippen LogP contribution is -2.17. The molecule has 2 nitrogen and oxygen atoms in total. The van der Waals surface area contributed by atoms with E-state index >= 15 is 0 Å². The minimum absolute atomic E-state index is 0.308. The van der Waals surface area contributed by atoms with Gasteiger partial charge in [-0.3, -0.25) is 4.79 Å². The van der Waals surface area contributed by atoms with Gasteiger partial charge in [-0.15, -0.1) is 11.8 Å². The number of carboxylic acids is 1. The van der Waals surface area contributed by atoms with Gasteiger partial charge < -0.3 is 5.11 Å². The number of thioether (sulfide) groups is 1. The highest BCUT2D eigenvalue weighted by molar-refractivity contribution is 8.00. The summed E-state index contributed by atoms with van der Waals surface area (Å²) < 4.78 is 0. The molecule has 2 aromatic rings. The number of aliphatic carboxylic acids is 1. The normalized spacial score (nSPS) is 18.2. The monoisotopic (exact) mass is 318 g/mol. The largest absolute Gasteiger partial charge is 0.481 e. The van der Waals surface area contributed by atoms with E-state index in [0.29, 0.717) is 16.7 Å². The number of hydrogen-bond donors (Lipinski definition) is 1. The molecule has 1 aliphatic heterocycles. The number of rotatable bonds is 4. The summed E-state index contributed by atoms with van der Waals surface area (Å²) in [6.07, 6.45) is 1.56. The van der Waals surface area contributed by atoms with Gasteiger partial charge in [-0.25, -0.2) is 0 Å². The van der Waals surface area contributed by atoms with E-state index in [2.05, 4.69) is 12.1 Å². The van der Waals surface area contributed by atoms with Crippen LogP contribution in [0.2, 0.25) is 5.02 Å². The molecule has 0 saturated carbocycles. The highest BCUT2D eigenvalue weighted by Gasteiger charge is 2.29. The molecule has 0 aliphatic carbocycles. The molecule has 0 amide bonds. The van der Waals surface area contributed by atoms with Crippen LogP contribution in [0.25, 0.3) is 0 Å². The predicted molar refractivity (Wildman–Crippen MR) is 86.2 cm³/mol. The van der Waals surface area contributed by atoms with Crippen molar-refractivity contribution in [3.8, 4) is 0 Å². The molecule has 3 rings (SSSR count). The second-order valence-electron chi connectivity index (χ2n) is 5.23. The maximum Gasteiger partial charge on any atom is 0.311 e. The third-order valence-electron chi connectivity index (χ3n) is 3.76. The molecule has 1 heterocycles. The van der Waals surface area contributed by atoms with Crippen LogP contribution in [0.1, 0.15) is 23.5 Å². The molecular formula is C17H15ClO2S. The summed E-state index contributed by atoms with van der Waals surface area (Å²) >= 11 is 7.77. The molecule has 1 N–H and O–H groups in total. The number of benzene rings is 2. The van der Waals surface area contributed by atoms with Crippen molar-refractivity contribution in [2.75, 3.05) is 0 Å². The minimum Gasteiger partial charge on any atom is -0.481 e. The molecule has 1 aliphatic rings. The Hall–Kier alpha value is -1.45. The Bertz CT molecular complexity index is 646. The van der Waals surface area contributed by atoms with Crippen molar-refractivity contribution < 1.29 is 9.90 Å². The van der Waals surface area contributed by atoms with E-state index in [0.717, 1.165) is 12.0 Å². The standard InChI is InChI=1S/C17H15ClO2S/c18-13-6-3-5-11(8-13)15(17(19)20)10-14-9-12-4-1-2-7-16(12)21-14/h1-8,14-15H,9-10H2,(H,19,20). The van der Waals surface area contributed by atoms with Crippen molar-refractivity contribution in [3.63, 3.8) is 0 Å². The van der Waals surface area contributed by atoms with E-state index in [4.69, 9.17) is 11.6 Å². The lowest BCUT2D eigenvalue weighted by Gasteiger charge is -2.17. The molecule has 108 valence electrons. The third kappa shape index (κ3) is 3.25. The van der Waals surface area contributed by atoms with Crippen LogP contribution >= 0.6 is 23.4 Å². The molecule has 21 heavy (non-hydrogen) atoms. The zero-order valence-corrected chi connectivity index (χ0v) is 12.9. The zero-order valence-electron chi connectivity index (χ0n) is 11.3. The molecule has 0 fully saturated rings. The maximum absolute atomic E-state index is 11.6. The fourth-order valence-electron chi connectivity index (χ4n) is 2.75. The van der Waals surface area contributed by atoms with E-state index in [1.807, 2.05) is 24.3 Å². The first-order valence-corrected chi connectivity index (χ1v) is 8.12. The minimum atomic E-state index is -0.783. The Morgan fingerprint density at radius 2 is 2.10 bits per heavy atom. The highest BCUT2D eigenvalue weighted by atomic mass is 35.5. The topological polar surface area (TPSA) is 37.3 Å². The lowest BCUT2D eigenvalue weighted by atomic mass is 9.92. The maximum atomic E-state index is 11.6. The molecule has 0 aromatic heterocycles. The number of halogens is 1. The smallest absolute Gasteiger partial charge is 0.311 e. The van der Waals surface area contributed by atoms with Gasteiger partial charge in [0.2, 0.25) is 0 Å². The van der Waals surface area contributed by atoms with Crippen molar-refractivity contribution in [2.45, 2.75) is 28.9 Å². The summed E-state index contributed by atoms with van der Waals surface area (Å²) in [7, 11) is 0. The predicted octanol–water partition coefficient (Wildman–Crippen LogP) is 4.62. The van der Waals surface area contributed by atoms with Crippen LogP contribution in [0.5, 0.6) is 0 Å². The summed E-state index contributed by atoms with van der Waals surface area (Å²) in [4.78, 5) is 12.9. The van der Waals surface area contributed by atoms with Crippen molar-refractivity contribution in [3.05, 3.63) is 64.7 Å². The molecule has 0 saturated heterocycles. The summed E-state index contributed by atoms with van der Waals surface area (Å²) in [5, 5.41) is 10.4. The molecule has 4 heteroatoms. The van der Waals surface area contributed by atoms with E-state index in [9.17, 15) is 9.90 Å². The highest BCUT2D eigenvalue weighted by Crippen LogP contribution is 2.41. The molecule has 2 aromatic carbocycles. The molecule has 0 spiro atoms. The third-order valence-corrected chi connectivity index (χ3v) is 5.34. The van der Waals surface area contributed by atoms with E-state index in [1.54, 1.807) is 23.9 Å². The average Bonchev–Trinajstić information content (AvgIpc) is 2.87. The van der Waals surface area contributed by atoms with Crippen LogP contribution in [-0.4, -0.2) is 16.3 Å². The van der Waals surface area contributed by atoms with Crippen molar-refractivity contribution in [1.82, 2.24) is 0 Å². The Morgan fingerprint density at radius 1 is 1.29 bits per heavy atom. The first-order valence-electron chi connectivity index (χ1n) is 6.86. The lowest BCUT2D eigenvalue weighted by molar-refractivity contribution is -0.139. The summed E-state index contributed by atoms with van der Waals surface area (Å²) in [5.74, 6) is -1.29. The first kappa shape index (κ1) is 14.5. The van der Waals surface area contributed by atoms with Gasteiger partial charge in [0.25, 0.3) is 0 Å². The Kier molecular flexibility index (Phi) is 4.22. The fraction of sp³-hybridized carbons (Fsp3) is 0.235. The van der Waals surface area contributed by atoms with Crippen LogP contribution < -0.4 is 0 Å². The molecule has 2 unspecified atom stereocenters. The second-order valence-corrected chi connectivity index (χ2v) is 7.01. The van der Waals surface area contributed by atoms with Crippen LogP contribution in [0, 0.1) is 0 Å². The number of carboxylic acid groups (broad SMARTS) is 1. The molecule has 0 bridgehead atoms. The van der Waals surface area contributed by atoms with E-state index in [1.165, 1.54) is 10.5 Å². The van der Waals surface area contributed by atoms with Gasteiger partial charge in [0.1, 0.15) is 0 Å². The summed E-state index contributed by atoms with van der Waals surface area (Å²) in [6.45, 7) is 0. The van der Waals surface area contributed by atoms with Gasteiger partial charge >= 0.3 is 5.97 Å². The second kappa shape index (κ2) is 6.12. The van der Waals surface area contributed by atoms with Crippen LogP contribution in [0.3, 0.4) is 0 Å². The van der Waals surface area contributed by atoms with Gasteiger partial charge in [-0.05, 0) is 42.2 Å². The van der Waals surface area contributed by atoms with Crippen LogP contribution in [0.15, 0.2) is 53.4 Å². The number of fused-ring (bicyclic) bond motifs is 1. The Balaban J connectivity index is 1.77. The van der Waals surface area contributed by atoms with Crippen molar-refractivity contribution >= 4 is 29.3 Å². The summed E-state index contributed by atoms with van der Waals surface area (Å²) in [6, 6.07) is 15.5. The van der Waals surface area contributed by atoms with Gasteiger partial charge in [0.05, 0.1) is 5.92 Å². The van der Waals surface area contributed by atoms with Crippen LogP contribution in [-0.2, 0) is 11.2 Å². The van der Waals surface area contributed by atoms with Gasteiger partial charge in [0.15, 0.2) is 0 Å².